The molecule has 0 spiro atoms. The van der Waals surface area contributed by atoms with Crippen molar-refractivity contribution in [2.24, 2.45) is 0 Å². The van der Waals surface area contributed by atoms with Crippen molar-refractivity contribution >= 4 is 12.0 Å². The lowest BCUT2D eigenvalue weighted by molar-refractivity contribution is -0.0778. The minimum absolute atomic E-state index is 0.0137. The smallest absolute Gasteiger partial charge is 0.317 e. The first-order valence-electron chi connectivity index (χ1n) is 9.47. The van der Waals surface area contributed by atoms with Gasteiger partial charge in [0.1, 0.15) is 0 Å². The second kappa shape index (κ2) is 8.64. The summed E-state index contributed by atoms with van der Waals surface area (Å²) in [6.07, 6.45) is 3.97. The van der Waals surface area contributed by atoms with Crippen molar-refractivity contribution < 1.29 is 9.53 Å². The Balaban J connectivity index is 1.41. The highest BCUT2D eigenvalue weighted by Crippen LogP contribution is 2.13. The maximum Gasteiger partial charge on any atom is 0.317 e. The van der Waals surface area contributed by atoms with Gasteiger partial charge in [-0.15, -0.1) is 0 Å². The molecule has 2 aliphatic heterocycles. The number of carbonyl (C=O) groups excluding carboxylic acids is 1. The van der Waals surface area contributed by atoms with E-state index in [1.165, 1.54) is 0 Å². The molecule has 0 aromatic carbocycles. The standard InChI is InChI=1S/C18H30N6O2/c1-14(24-12-15(2)26-16(3)13-24)11-21-18(25)23-9-7-22(8-10-23)17-19-5-4-6-20-17/h4-6,14-16H,7-13H2,1-3H3,(H,21,25). The number of nitrogens with one attached hydrogen (secondary N) is 1. The van der Waals surface area contributed by atoms with Gasteiger partial charge in [0.2, 0.25) is 5.95 Å². The van der Waals surface area contributed by atoms with Gasteiger partial charge in [-0.05, 0) is 26.8 Å². The van der Waals surface area contributed by atoms with Crippen molar-refractivity contribution in [1.82, 2.24) is 25.1 Å². The Morgan fingerprint density at radius 2 is 1.81 bits per heavy atom. The van der Waals surface area contributed by atoms with Crippen molar-refractivity contribution in [3.63, 3.8) is 0 Å². The molecule has 0 saturated carbocycles. The summed E-state index contributed by atoms with van der Waals surface area (Å²) in [5.74, 6) is 0.733. The molecule has 3 unspecified atom stereocenters. The molecule has 1 N–H and O–H groups in total. The van der Waals surface area contributed by atoms with Gasteiger partial charge in [0.15, 0.2) is 0 Å². The average Bonchev–Trinajstić information content (AvgIpc) is 2.66. The second-order valence-electron chi connectivity index (χ2n) is 7.27. The van der Waals surface area contributed by atoms with Crippen LogP contribution in [0.2, 0.25) is 0 Å². The van der Waals surface area contributed by atoms with Crippen LogP contribution >= 0.6 is 0 Å². The molecule has 0 aliphatic carbocycles. The van der Waals surface area contributed by atoms with E-state index in [2.05, 4.69) is 45.9 Å². The number of urea groups is 1. The number of morpholine rings is 1. The summed E-state index contributed by atoms with van der Waals surface area (Å²) in [4.78, 5) is 27.4. The molecule has 8 heteroatoms. The molecule has 2 saturated heterocycles. The second-order valence-corrected chi connectivity index (χ2v) is 7.27. The predicted molar refractivity (Wildman–Crippen MR) is 100 cm³/mol. The topological polar surface area (TPSA) is 73.8 Å². The molecule has 0 radical (unpaired) electrons. The van der Waals surface area contributed by atoms with Crippen LogP contribution in [-0.2, 0) is 4.74 Å². The van der Waals surface area contributed by atoms with Gasteiger partial charge in [0.25, 0.3) is 0 Å². The zero-order valence-electron chi connectivity index (χ0n) is 16.0. The molecule has 2 amide bonds. The molecular weight excluding hydrogens is 332 g/mol. The molecule has 3 heterocycles. The van der Waals surface area contributed by atoms with Gasteiger partial charge < -0.3 is 19.9 Å². The van der Waals surface area contributed by atoms with Crippen LogP contribution in [0.3, 0.4) is 0 Å². The Bertz CT molecular complexity index is 568. The maximum absolute atomic E-state index is 12.5. The van der Waals surface area contributed by atoms with E-state index in [0.29, 0.717) is 25.7 Å². The van der Waals surface area contributed by atoms with Gasteiger partial charge in [-0.1, -0.05) is 0 Å². The van der Waals surface area contributed by atoms with Crippen molar-refractivity contribution in [3.05, 3.63) is 18.5 Å². The van der Waals surface area contributed by atoms with Crippen molar-refractivity contribution in [2.75, 3.05) is 50.7 Å². The highest BCUT2D eigenvalue weighted by molar-refractivity contribution is 5.74. The monoisotopic (exact) mass is 362 g/mol. The summed E-state index contributed by atoms with van der Waals surface area (Å²) in [6, 6.07) is 2.12. The van der Waals surface area contributed by atoms with E-state index in [0.717, 1.165) is 32.1 Å². The van der Waals surface area contributed by atoms with Crippen LogP contribution in [0, 0.1) is 0 Å². The summed E-state index contributed by atoms with van der Waals surface area (Å²) < 4.78 is 5.78. The van der Waals surface area contributed by atoms with Crippen molar-refractivity contribution in [3.8, 4) is 0 Å². The summed E-state index contributed by atoms with van der Waals surface area (Å²) in [7, 11) is 0. The van der Waals surface area contributed by atoms with Gasteiger partial charge in [-0.25, -0.2) is 14.8 Å². The van der Waals surface area contributed by atoms with E-state index in [1.807, 2.05) is 11.0 Å². The molecule has 2 aliphatic rings. The van der Waals surface area contributed by atoms with Crippen LogP contribution in [0.25, 0.3) is 0 Å². The number of nitrogens with zero attached hydrogens (tertiary/aromatic N) is 5. The van der Waals surface area contributed by atoms with Crippen LogP contribution in [0.15, 0.2) is 18.5 Å². The quantitative estimate of drug-likeness (QED) is 0.854. The molecule has 8 nitrogen and oxygen atoms in total. The number of hydrogen-bond acceptors (Lipinski definition) is 6. The fraction of sp³-hybridized carbons (Fsp3) is 0.722. The highest BCUT2D eigenvalue weighted by Gasteiger charge is 2.27. The molecular formula is C18H30N6O2. The number of hydrogen-bond donors (Lipinski definition) is 1. The fourth-order valence-corrected chi connectivity index (χ4v) is 3.62. The van der Waals surface area contributed by atoms with Gasteiger partial charge in [-0.2, -0.15) is 0 Å². The van der Waals surface area contributed by atoms with Crippen molar-refractivity contribution in [1.29, 1.82) is 0 Å². The average molecular weight is 362 g/mol. The number of aromatic nitrogens is 2. The van der Waals surface area contributed by atoms with E-state index in [1.54, 1.807) is 12.4 Å². The Hall–Kier alpha value is -1.93. The number of anilines is 1. The lowest BCUT2D eigenvalue weighted by Gasteiger charge is -2.39. The third kappa shape index (κ3) is 4.82. The molecule has 26 heavy (non-hydrogen) atoms. The molecule has 3 atom stereocenters. The van der Waals surface area contributed by atoms with E-state index < -0.39 is 0 Å². The van der Waals surface area contributed by atoms with Crippen LogP contribution in [0.1, 0.15) is 20.8 Å². The third-order valence-electron chi connectivity index (χ3n) is 5.02. The van der Waals surface area contributed by atoms with Gasteiger partial charge in [0.05, 0.1) is 12.2 Å². The van der Waals surface area contributed by atoms with Crippen LogP contribution in [0.5, 0.6) is 0 Å². The van der Waals surface area contributed by atoms with E-state index in [4.69, 9.17) is 4.74 Å². The van der Waals surface area contributed by atoms with E-state index >= 15 is 0 Å². The minimum Gasteiger partial charge on any atom is -0.373 e. The Morgan fingerprint density at radius 1 is 1.19 bits per heavy atom. The molecule has 0 bridgehead atoms. The lowest BCUT2D eigenvalue weighted by atomic mass is 10.2. The lowest BCUT2D eigenvalue weighted by Crippen LogP contribution is -2.55. The predicted octanol–water partition coefficient (Wildman–Crippen LogP) is 0.806. The Morgan fingerprint density at radius 3 is 2.42 bits per heavy atom. The number of carbonyl (C=O) groups is 1. The molecule has 1 aromatic rings. The van der Waals surface area contributed by atoms with Gasteiger partial charge >= 0.3 is 6.03 Å². The van der Waals surface area contributed by atoms with Gasteiger partial charge in [0, 0.05) is 64.2 Å². The maximum atomic E-state index is 12.5. The first-order chi connectivity index (χ1) is 12.5. The number of rotatable bonds is 4. The zero-order valence-corrected chi connectivity index (χ0v) is 16.0. The summed E-state index contributed by atoms with van der Waals surface area (Å²) in [5, 5.41) is 3.09. The van der Waals surface area contributed by atoms with E-state index in [9.17, 15) is 4.79 Å². The first-order valence-corrected chi connectivity index (χ1v) is 9.47. The number of piperazine rings is 1. The summed E-state index contributed by atoms with van der Waals surface area (Å²) in [5.41, 5.74) is 0. The summed E-state index contributed by atoms with van der Waals surface area (Å²) in [6.45, 7) is 11.7. The zero-order chi connectivity index (χ0) is 18.5. The minimum atomic E-state index is 0.0137. The third-order valence-corrected chi connectivity index (χ3v) is 5.02. The summed E-state index contributed by atoms with van der Waals surface area (Å²) >= 11 is 0. The van der Waals surface area contributed by atoms with Crippen LogP contribution < -0.4 is 10.2 Å². The van der Waals surface area contributed by atoms with Crippen LogP contribution in [0.4, 0.5) is 10.7 Å². The molecule has 144 valence electrons. The SMILES string of the molecule is CC1CN(C(C)CNC(=O)N2CCN(c3ncccn3)CC2)CC(C)O1. The number of amides is 2. The van der Waals surface area contributed by atoms with Crippen LogP contribution in [-0.4, -0.2) is 89.9 Å². The first kappa shape index (κ1) is 18.8. The van der Waals surface area contributed by atoms with Gasteiger partial charge in [-0.3, -0.25) is 4.90 Å². The largest absolute Gasteiger partial charge is 0.373 e. The Kier molecular flexibility index (Phi) is 6.26. The normalized spacial score (nSPS) is 25.8. The molecule has 3 rings (SSSR count). The molecule has 2 fully saturated rings. The fourth-order valence-electron chi connectivity index (χ4n) is 3.62. The molecule has 1 aromatic heterocycles. The highest BCUT2D eigenvalue weighted by atomic mass is 16.5. The van der Waals surface area contributed by atoms with E-state index in [-0.39, 0.29) is 18.2 Å². The Labute approximate surface area is 155 Å². The van der Waals surface area contributed by atoms with Crippen molar-refractivity contribution in [2.45, 2.75) is 39.0 Å². The number of ether oxygens (including phenoxy) is 1.